The largest absolute Gasteiger partial charge is 0.497 e. The Labute approximate surface area is 181 Å². The van der Waals surface area contributed by atoms with Gasteiger partial charge in [0.2, 0.25) is 0 Å². The zero-order chi connectivity index (χ0) is 21.5. The fourth-order valence-electron chi connectivity index (χ4n) is 3.38. The van der Waals surface area contributed by atoms with Gasteiger partial charge >= 0.3 is 0 Å². The van der Waals surface area contributed by atoms with Crippen molar-refractivity contribution in [1.29, 1.82) is 0 Å². The van der Waals surface area contributed by atoms with Gasteiger partial charge in [0.1, 0.15) is 11.4 Å². The molecule has 0 unspecified atom stereocenters. The lowest BCUT2D eigenvalue weighted by Crippen LogP contribution is -2.13. The maximum absolute atomic E-state index is 13.3. The first kappa shape index (κ1) is 19.3. The smallest absolute Gasteiger partial charge is 0.258 e. The average Bonchev–Trinajstić information content (AvgIpc) is 3.50. The van der Waals surface area contributed by atoms with Crippen molar-refractivity contribution in [3.05, 3.63) is 54.4 Å². The molecule has 5 rings (SSSR count). The number of amides is 1. The van der Waals surface area contributed by atoms with Crippen molar-refractivity contribution in [1.82, 2.24) is 19.7 Å². The fourth-order valence-corrected chi connectivity index (χ4v) is 4.27. The van der Waals surface area contributed by atoms with Gasteiger partial charge in [-0.3, -0.25) is 10.1 Å². The molecule has 0 aliphatic heterocycles. The minimum atomic E-state index is -0.283. The lowest BCUT2D eigenvalue weighted by Gasteiger charge is -2.09. The van der Waals surface area contributed by atoms with Crippen LogP contribution in [0, 0.1) is 0 Å². The van der Waals surface area contributed by atoms with E-state index in [-0.39, 0.29) is 11.9 Å². The highest BCUT2D eigenvalue weighted by Crippen LogP contribution is 2.31. The first-order chi connectivity index (χ1) is 15.0. The molecule has 0 atom stereocenters. The molecule has 31 heavy (non-hydrogen) atoms. The molecule has 0 saturated carbocycles. The number of carbonyl (C=O) groups excluding carboxylic acids is 1. The monoisotopic (exact) mass is 433 g/mol. The van der Waals surface area contributed by atoms with E-state index in [9.17, 15) is 4.79 Å². The molecule has 156 valence electrons. The van der Waals surface area contributed by atoms with E-state index in [2.05, 4.69) is 15.4 Å². The number of carbonyl (C=O) groups is 1. The fraction of sp³-hybridized carbons (Fsp3) is 0.182. The second-order valence-corrected chi connectivity index (χ2v) is 8.29. The number of pyridine rings is 1. The summed E-state index contributed by atoms with van der Waals surface area (Å²) in [7, 11) is 1.62. The minimum absolute atomic E-state index is 0.0898. The van der Waals surface area contributed by atoms with E-state index >= 15 is 0 Å². The van der Waals surface area contributed by atoms with Crippen molar-refractivity contribution in [3.63, 3.8) is 0 Å². The topological polar surface area (TPSA) is 95.1 Å². The summed E-state index contributed by atoms with van der Waals surface area (Å²) in [5.41, 5.74) is 2.45. The van der Waals surface area contributed by atoms with Crippen LogP contribution in [0.5, 0.6) is 5.75 Å². The Morgan fingerprint density at radius 2 is 2.10 bits per heavy atom. The number of thiazole rings is 1. The second-order valence-electron chi connectivity index (χ2n) is 7.26. The van der Waals surface area contributed by atoms with Crippen molar-refractivity contribution in [3.8, 4) is 17.2 Å². The number of fused-ring (bicyclic) bond motifs is 2. The van der Waals surface area contributed by atoms with Crippen LogP contribution in [-0.4, -0.2) is 32.8 Å². The third-order valence-electron chi connectivity index (χ3n) is 4.89. The van der Waals surface area contributed by atoms with E-state index in [1.165, 1.54) is 11.3 Å². The number of aromatic nitrogens is 4. The number of nitrogens with zero attached hydrogens (tertiary/aromatic N) is 4. The van der Waals surface area contributed by atoms with Crippen LogP contribution in [-0.2, 0) is 0 Å². The molecule has 1 amide bonds. The SMILES string of the molecule is COc1ccc2nc(NC(=O)c3cc(-c4ccco4)nc4c3cnn4C(C)C)sc2c1. The van der Waals surface area contributed by atoms with Crippen LogP contribution >= 0.6 is 11.3 Å². The third-order valence-corrected chi connectivity index (χ3v) is 5.82. The normalized spacial score (nSPS) is 11.5. The molecule has 4 aromatic heterocycles. The van der Waals surface area contributed by atoms with E-state index in [4.69, 9.17) is 14.1 Å². The number of ether oxygens (including phenoxy) is 1. The van der Waals surface area contributed by atoms with E-state index < -0.39 is 0 Å². The zero-order valence-corrected chi connectivity index (χ0v) is 17.9. The quantitative estimate of drug-likeness (QED) is 0.412. The van der Waals surface area contributed by atoms with Gasteiger partial charge in [0, 0.05) is 6.04 Å². The number of methoxy groups -OCH3 is 1. The van der Waals surface area contributed by atoms with Gasteiger partial charge in [0.25, 0.3) is 5.91 Å². The van der Waals surface area contributed by atoms with Crippen LogP contribution in [0.15, 0.2) is 53.3 Å². The molecule has 4 heterocycles. The number of rotatable bonds is 5. The summed E-state index contributed by atoms with van der Waals surface area (Å²) in [5.74, 6) is 1.04. The maximum atomic E-state index is 13.3. The molecule has 0 bridgehead atoms. The summed E-state index contributed by atoms with van der Waals surface area (Å²) in [4.78, 5) is 22.5. The molecule has 0 fully saturated rings. The Hall–Kier alpha value is -3.72. The van der Waals surface area contributed by atoms with Gasteiger partial charge < -0.3 is 9.15 Å². The van der Waals surface area contributed by atoms with Gasteiger partial charge in [-0.15, -0.1) is 0 Å². The van der Waals surface area contributed by atoms with Crippen molar-refractivity contribution >= 4 is 43.6 Å². The molecule has 0 saturated heterocycles. The molecule has 5 aromatic rings. The molecular weight excluding hydrogens is 414 g/mol. The number of anilines is 1. The van der Waals surface area contributed by atoms with Crippen molar-refractivity contribution < 1.29 is 13.9 Å². The van der Waals surface area contributed by atoms with E-state index in [1.807, 2.05) is 38.1 Å². The van der Waals surface area contributed by atoms with Crippen molar-refractivity contribution in [2.45, 2.75) is 19.9 Å². The zero-order valence-electron chi connectivity index (χ0n) is 17.1. The summed E-state index contributed by atoms with van der Waals surface area (Å²) in [6, 6.07) is 11.0. The van der Waals surface area contributed by atoms with Crippen molar-refractivity contribution in [2.24, 2.45) is 0 Å². The lowest BCUT2D eigenvalue weighted by atomic mass is 10.1. The first-order valence-corrected chi connectivity index (χ1v) is 10.5. The minimum Gasteiger partial charge on any atom is -0.497 e. The Balaban J connectivity index is 1.57. The highest BCUT2D eigenvalue weighted by molar-refractivity contribution is 7.22. The molecule has 1 N–H and O–H groups in total. The van der Waals surface area contributed by atoms with Gasteiger partial charge in [0.05, 0.1) is 40.7 Å². The second kappa shape index (κ2) is 7.51. The van der Waals surface area contributed by atoms with E-state index in [0.29, 0.717) is 33.2 Å². The number of nitrogens with one attached hydrogen (secondary N) is 1. The van der Waals surface area contributed by atoms with E-state index in [1.54, 1.807) is 36.4 Å². The number of hydrogen-bond acceptors (Lipinski definition) is 7. The highest BCUT2D eigenvalue weighted by Gasteiger charge is 2.20. The molecule has 1 aromatic carbocycles. The van der Waals surface area contributed by atoms with Crippen molar-refractivity contribution in [2.75, 3.05) is 12.4 Å². The number of hydrogen-bond donors (Lipinski definition) is 1. The van der Waals surface area contributed by atoms with Crippen LogP contribution in [0.3, 0.4) is 0 Å². The van der Waals surface area contributed by atoms with Gasteiger partial charge in [-0.05, 0) is 50.2 Å². The van der Waals surface area contributed by atoms with Gasteiger partial charge in [-0.25, -0.2) is 14.6 Å². The molecule has 9 heteroatoms. The van der Waals surface area contributed by atoms with E-state index in [0.717, 1.165) is 16.0 Å². The summed E-state index contributed by atoms with van der Waals surface area (Å²) in [5, 5.41) is 8.54. The third kappa shape index (κ3) is 3.42. The average molecular weight is 433 g/mol. The highest BCUT2D eigenvalue weighted by atomic mass is 32.1. The van der Waals surface area contributed by atoms with Crippen LogP contribution in [0.4, 0.5) is 5.13 Å². The summed E-state index contributed by atoms with van der Waals surface area (Å²) < 4.78 is 13.5. The van der Waals surface area contributed by atoms with Crippen LogP contribution in [0.1, 0.15) is 30.2 Å². The van der Waals surface area contributed by atoms with Gasteiger partial charge in [0.15, 0.2) is 16.5 Å². The molecule has 0 spiro atoms. The molecule has 0 radical (unpaired) electrons. The summed E-state index contributed by atoms with van der Waals surface area (Å²) in [6.07, 6.45) is 3.25. The Morgan fingerprint density at radius 3 is 2.84 bits per heavy atom. The Morgan fingerprint density at radius 1 is 1.23 bits per heavy atom. The first-order valence-electron chi connectivity index (χ1n) is 9.71. The molecule has 8 nitrogen and oxygen atoms in total. The van der Waals surface area contributed by atoms with Crippen LogP contribution in [0.25, 0.3) is 32.7 Å². The van der Waals surface area contributed by atoms with Gasteiger partial charge in [-0.2, -0.15) is 5.10 Å². The molecule has 0 aliphatic rings. The Bertz CT molecular complexity index is 1400. The molecular formula is C22H19N5O3S. The van der Waals surface area contributed by atoms with Crippen LogP contribution < -0.4 is 10.1 Å². The Kier molecular flexibility index (Phi) is 4.67. The number of benzene rings is 1. The maximum Gasteiger partial charge on any atom is 0.258 e. The standard InChI is InChI=1S/C22H19N5O3S/c1-12(2)27-20-15(11-23-27)14(10-17(24-20)18-5-4-8-30-18)21(28)26-22-25-16-7-6-13(29-3)9-19(16)31-22/h4-12H,1-3H3,(H,25,26,28). The molecule has 0 aliphatic carbocycles. The van der Waals surface area contributed by atoms with Gasteiger partial charge in [-0.1, -0.05) is 11.3 Å². The lowest BCUT2D eigenvalue weighted by molar-refractivity contribution is 0.102. The number of furan rings is 1. The predicted octanol–water partition coefficient (Wildman–Crippen LogP) is 5.14. The summed E-state index contributed by atoms with van der Waals surface area (Å²) in [6.45, 7) is 4.03. The predicted molar refractivity (Wildman–Crippen MR) is 120 cm³/mol. The summed E-state index contributed by atoms with van der Waals surface area (Å²) >= 11 is 1.39. The van der Waals surface area contributed by atoms with Crippen LogP contribution in [0.2, 0.25) is 0 Å².